The number of non-ortho nitro benzene ring substituents is 1. The number of hydrogen-bond donors (Lipinski definition) is 1. The summed E-state index contributed by atoms with van der Waals surface area (Å²) in [4.78, 5) is 17.0. The molecule has 3 heterocycles. The van der Waals surface area contributed by atoms with Gasteiger partial charge >= 0.3 is 0 Å². The van der Waals surface area contributed by atoms with E-state index < -0.39 is 4.92 Å². The van der Waals surface area contributed by atoms with Gasteiger partial charge in [0.2, 0.25) is 0 Å². The number of nitrogens with zero attached hydrogens (tertiary/aromatic N) is 3. The average Bonchev–Trinajstić information content (AvgIpc) is 3.33. The second kappa shape index (κ2) is 7.40. The Balaban J connectivity index is 1.68. The zero-order valence-electron chi connectivity index (χ0n) is 15.1. The molecule has 0 bridgehead atoms. The lowest BCUT2D eigenvalue weighted by molar-refractivity contribution is -0.384. The fourth-order valence-corrected chi connectivity index (χ4v) is 3.84. The number of aromatic nitrogens is 1. The van der Waals surface area contributed by atoms with E-state index >= 15 is 0 Å². The van der Waals surface area contributed by atoms with Crippen LogP contribution in [0.15, 0.2) is 65.2 Å². The molecule has 8 heteroatoms. The van der Waals surface area contributed by atoms with E-state index in [0.29, 0.717) is 10.9 Å². The minimum Gasteiger partial charge on any atom is -0.459 e. The highest BCUT2D eigenvalue weighted by Gasteiger charge is 2.40. The third-order valence-corrected chi connectivity index (χ3v) is 5.17. The van der Waals surface area contributed by atoms with Gasteiger partial charge in [-0.15, -0.1) is 0 Å². The number of nitro groups is 1. The summed E-state index contributed by atoms with van der Waals surface area (Å²) in [7, 11) is 0. The summed E-state index contributed by atoms with van der Waals surface area (Å²) >= 11 is 5.51. The van der Waals surface area contributed by atoms with Crippen LogP contribution in [0.5, 0.6) is 0 Å². The Bertz CT molecular complexity index is 1000. The second-order valence-corrected chi connectivity index (χ2v) is 6.81. The van der Waals surface area contributed by atoms with Crippen LogP contribution in [0.1, 0.15) is 30.5 Å². The van der Waals surface area contributed by atoms with Crippen LogP contribution in [-0.4, -0.2) is 26.5 Å². The van der Waals surface area contributed by atoms with Gasteiger partial charge in [0, 0.05) is 30.4 Å². The summed E-state index contributed by atoms with van der Waals surface area (Å²) < 4.78 is 6.15. The number of furan rings is 1. The van der Waals surface area contributed by atoms with Crippen molar-refractivity contribution < 1.29 is 9.34 Å². The normalized spacial score (nSPS) is 18.9. The lowest BCUT2D eigenvalue weighted by Crippen LogP contribution is -2.29. The molecule has 0 radical (unpaired) electrons. The van der Waals surface area contributed by atoms with Crippen LogP contribution in [-0.2, 0) is 0 Å². The zero-order valence-corrected chi connectivity index (χ0v) is 15.9. The molecule has 1 N–H and O–H groups in total. The number of thiocarbonyl (C=S) groups is 1. The first-order valence-corrected chi connectivity index (χ1v) is 9.32. The number of nitro benzene ring substituents is 1. The molecule has 2 atom stereocenters. The van der Waals surface area contributed by atoms with Crippen molar-refractivity contribution in [2.24, 2.45) is 0 Å². The summed E-state index contributed by atoms with van der Waals surface area (Å²) in [5, 5.41) is 14.9. The topological polar surface area (TPSA) is 84.4 Å². The van der Waals surface area contributed by atoms with E-state index in [1.54, 1.807) is 18.3 Å². The fourth-order valence-electron chi connectivity index (χ4n) is 3.47. The summed E-state index contributed by atoms with van der Waals surface area (Å²) in [6, 6.07) is 15.7. The van der Waals surface area contributed by atoms with E-state index in [2.05, 4.69) is 15.2 Å². The van der Waals surface area contributed by atoms with E-state index in [4.69, 9.17) is 16.6 Å². The molecule has 0 saturated carbocycles. The number of nitrogens with one attached hydrogen (secondary N) is 1. The first-order chi connectivity index (χ1) is 13.6. The number of pyridine rings is 1. The van der Waals surface area contributed by atoms with Gasteiger partial charge in [-0.1, -0.05) is 6.07 Å². The minimum atomic E-state index is -0.418. The Morgan fingerprint density at radius 2 is 2.00 bits per heavy atom. The van der Waals surface area contributed by atoms with Gasteiger partial charge in [-0.25, -0.2) is 0 Å². The summed E-state index contributed by atoms with van der Waals surface area (Å²) in [5.74, 6) is 1.41. The smallest absolute Gasteiger partial charge is 0.269 e. The van der Waals surface area contributed by atoms with Crippen molar-refractivity contribution in [1.82, 2.24) is 15.2 Å². The Morgan fingerprint density at radius 3 is 2.64 bits per heavy atom. The Hall–Kier alpha value is -3.26. The van der Waals surface area contributed by atoms with Crippen LogP contribution < -0.4 is 5.32 Å². The number of hydrogen-bond acceptors (Lipinski definition) is 5. The Kier molecular flexibility index (Phi) is 4.79. The van der Waals surface area contributed by atoms with Gasteiger partial charge in [-0.2, -0.15) is 0 Å². The van der Waals surface area contributed by atoms with Gasteiger partial charge in [-0.3, -0.25) is 15.1 Å². The minimum absolute atomic E-state index is 0.0493. The molecule has 1 fully saturated rings. The maximum absolute atomic E-state index is 10.8. The Morgan fingerprint density at radius 1 is 1.21 bits per heavy atom. The van der Waals surface area contributed by atoms with E-state index in [0.717, 1.165) is 23.6 Å². The molecule has 28 heavy (non-hydrogen) atoms. The van der Waals surface area contributed by atoms with Crippen molar-refractivity contribution in [3.63, 3.8) is 0 Å². The zero-order chi connectivity index (χ0) is 19.7. The van der Waals surface area contributed by atoms with Crippen LogP contribution in [0, 0.1) is 10.1 Å². The highest BCUT2D eigenvalue weighted by atomic mass is 32.1. The fraction of sp³-hybridized carbons (Fsp3) is 0.200. The van der Waals surface area contributed by atoms with Gasteiger partial charge in [0.1, 0.15) is 17.6 Å². The quantitative estimate of drug-likeness (QED) is 0.393. The van der Waals surface area contributed by atoms with Crippen molar-refractivity contribution in [3.05, 3.63) is 82.4 Å². The molecule has 0 unspecified atom stereocenters. The Labute approximate surface area is 167 Å². The standard InChI is InChI=1S/C20H18N4O3S/c1-2-23-19(18(22-20(23)28)15-5-3-4-12-21-15)17-11-10-16(27-17)13-6-8-14(9-7-13)24(25)26/h3-12,18-19H,2H2,1H3,(H,22,28)/t18-,19+/m1/s1. The van der Waals surface area contributed by atoms with Gasteiger partial charge in [0.05, 0.1) is 16.7 Å². The molecule has 7 nitrogen and oxygen atoms in total. The molecule has 1 aliphatic rings. The predicted octanol–water partition coefficient (Wildman–Crippen LogP) is 4.24. The maximum Gasteiger partial charge on any atom is 0.269 e. The van der Waals surface area contributed by atoms with Crippen molar-refractivity contribution >= 4 is 23.0 Å². The van der Waals surface area contributed by atoms with Crippen LogP contribution in [0.4, 0.5) is 5.69 Å². The van der Waals surface area contributed by atoms with E-state index in [-0.39, 0.29) is 17.8 Å². The molecule has 1 aliphatic heterocycles. The maximum atomic E-state index is 10.8. The van der Waals surface area contributed by atoms with Crippen LogP contribution >= 0.6 is 12.2 Å². The molecular formula is C20H18N4O3S. The van der Waals surface area contributed by atoms with Gasteiger partial charge in [0.25, 0.3) is 5.69 Å². The van der Waals surface area contributed by atoms with Crippen molar-refractivity contribution in [2.45, 2.75) is 19.0 Å². The van der Waals surface area contributed by atoms with Crippen LogP contribution in [0.25, 0.3) is 11.3 Å². The monoisotopic (exact) mass is 394 g/mol. The lowest BCUT2D eigenvalue weighted by atomic mass is 10.0. The van der Waals surface area contributed by atoms with E-state index in [1.165, 1.54) is 12.1 Å². The van der Waals surface area contributed by atoms with Crippen LogP contribution in [0.2, 0.25) is 0 Å². The second-order valence-electron chi connectivity index (χ2n) is 6.42. The van der Waals surface area contributed by atoms with Gasteiger partial charge in [-0.05, 0) is 55.5 Å². The molecule has 142 valence electrons. The van der Waals surface area contributed by atoms with E-state index in [1.807, 2.05) is 37.3 Å². The van der Waals surface area contributed by atoms with Crippen molar-refractivity contribution in [2.75, 3.05) is 6.54 Å². The molecule has 2 aromatic heterocycles. The summed E-state index contributed by atoms with van der Waals surface area (Å²) in [6.45, 7) is 2.77. The number of likely N-dealkylation sites (N-methyl/N-ethyl adjacent to an activating group) is 1. The van der Waals surface area contributed by atoms with Crippen molar-refractivity contribution in [1.29, 1.82) is 0 Å². The van der Waals surface area contributed by atoms with Crippen molar-refractivity contribution in [3.8, 4) is 11.3 Å². The highest BCUT2D eigenvalue weighted by Crippen LogP contribution is 2.40. The van der Waals surface area contributed by atoms with Gasteiger partial charge in [0.15, 0.2) is 5.11 Å². The molecular weight excluding hydrogens is 376 g/mol. The largest absolute Gasteiger partial charge is 0.459 e. The third kappa shape index (κ3) is 3.22. The molecule has 1 aromatic carbocycles. The molecule has 4 rings (SSSR count). The average molecular weight is 394 g/mol. The molecule has 3 aromatic rings. The van der Waals surface area contributed by atoms with Gasteiger partial charge < -0.3 is 14.6 Å². The molecule has 0 aliphatic carbocycles. The van der Waals surface area contributed by atoms with Crippen LogP contribution in [0.3, 0.4) is 0 Å². The third-order valence-electron chi connectivity index (χ3n) is 4.82. The van der Waals surface area contributed by atoms with E-state index in [9.17, 15) is 10.1 Å². The highest BCUT2D eigenvalue weighted by molar-refractivity contribution is 7.80. The number of rotatable bonds is 5. The lowest BCUT2D eigenvalue weighted by Gasteiger charge is -2.24. The summed E-state index contributed by atoms with van der Waals surface area (Å²) in [5.41, 5.74) is 1.72. The molecule has 0 spiro atoms. The number of benzene rings is 1. The first-order valence-electron chi connectivity index (χ1n) is 8.91. The SMILES string of the molecule is CCN1C(=S)N[C@H](c2ccccn2)[C@@H]1c1ccc(-c2ccc([N+](=O)[O-])cc2)o1. The molecule has 1 saturated heterocycles. The molecule has 0 amide bonds. The summed E-state index contributed by atoms with van der Waals surface area (Å²) in [6.07, 6.45) is 1.76. The first kappa shape index (κ1) is 18.1. The predicted molar refractivity (Wildman–Crippen MR) is 109 cm³/mol.